The Balaban J connectivity index is 1.54. The van der Waals surface area contributed by atoms with Crippen LogP contribution in [0.1, 0.15) is 12.2 Å². The molecule has 0 bridgehead atoms. The van der Waals surface area contributed by atoms with Crippen molar-refractivity contribution in [2.24, 2.45) is 11.3 Å². The van der Waals surface area contributed by atoms with E-state index in [1.165, 1.54) is 0 Å². The summed E-state index contributed by atoms with van der Waals surface area (Å²) < 4.78 is 0. The molecule has 2 aromatic rings. The molecule has 22 heavy (non-hydrogen) atoms. The minimum atomic E-state index is 0.0906. The van der Waals surface area contributed by atoms with Crippen LogP contribution in [0.2, 0.25) is 0 Å². The lowest BCUT2D eigenvalue weighted by molar-refractivity contribution is 0.706. The van der Waals surface area contributed by atoms with Gasteiger partial charge in [0.15, 0.2) is 5.69 Å². The highest BCUT2D eigenvalue weighted by Gasteiger charge is 2.59. The first kappa shape index (κ1) is 12.9. The van der Waals surface area contributed by atoms with Gasteiger partial charge in [-0.05, 0) is 36.5 Å². The Hall–Kier alpha value is -2.85. The van der Waals surface area contributed by atoms with Gasteiger partial charge in [0.25, 0.3) is 0 Å². The first-order valence-electron chi connectivity index (χ1n) is 7.32. The molecule has 1 aromatic carbocycles. The molecule has 0 radical (unpaired) electrons. The molecule has 4 nitrogen and oxygen atoms in total. The molecule has 106 valence electrons. The van der Waals surface area contributed by atoms with Crippen molar-refractivity contribution in [2.75, 3.05) is 18.0 Å². The van der Waals surface area contributed by atoms with E-state index in [0.29, 0.717) is 17.4 Å². The van der Waals surface area contributed by atoms with Gasteiger partial charge in [0, 0.05) is 31.2 Å². The number of hydrogen-bond donors (Lipinski definition) is 0. The lowest BCUT2D eigenvalue weighted by Gasteiger charge is -2.21. The maximum absolute atomic E-state index is 7.13. The lowest BCUT2D eigenvalue weighted by Crippen LogP contribution is -2.23. The second-order valence-electron chi connectivity index (χ2n) is 5.89. The van der Waals surface area contributed by atoms with Crippen LogP contribution >= 0.6 is 0 Å². The first-order valence-corrected chi connectivity index (χ1v) is 7.32. The van der Waals surface area contributed by atoms with Crippen LogP contribution in [-0.4, -0.2) is 23.1 Å². The van der Waals surface area contributed by atoms with E-state index in [1.807, 2.05) is 18.2 Å². The van der Waals surface area contributed by atoms with Crippen LogP contribution in [0.25, 0.3) is 4.85 Å². The van der Waals surface area contributed by atoms with E-state index < -0.39 is 0 Å². The molecule has 2 fully saturated rings. The summed E-state index contributed by atoms with van der Waals surface area (Å²) in [6, 6.07) is 9.61. The van der Waals surface area contributed by atoms with Crippen molar-refractivity contribution >= 4 is 11.4 Å². The van der Waals surface area contributed by atoms with Crippen LogP contribution in [0.15, 0.2) is 42.7 Å². The van der Waals surface area contributed by atoms with Gasteiger partial charge in [0.05, 0.1) is 12.0 Å². The highest BCUT2D eigenvalue weighted by molar-refractivity contribution is 5.60. The van der Waals surface area contributed by atoms with Crippen LogP contribution < -0.4 is 4.90 Å². The van der Waals surface area contributed by atoms with E-state index >= 15 is 0 Å². The van der Waals surface area contributed by atoms with E-state index in [9.17, 15) is 0 Å². The summed E-state index contributed by atoms with van der Waals surface area (Å²) in [5, 5.41) is 0. The number of piperidine rings is 1. The van der Waals surface area contributed by atoms with Gasteiger partial charge in [-0.1, -0.05) is 18.1 Å². The molecule has 1 aromatic heterocycles. The third-order valence-electron chi connectivity index (χ3n) is 4.46. The van der Waals surface area contributed by atoms with Crippen molar-refractivity contribution in [2.45, 2.75) is 6.42 Å². The quantitative estimate of drug-likeness (QED) is 0.597. The number of rotatable bonds is 1. The van der Waals surface area contributed by atoms with Gasteiger partial charge >= 0.3 is 0 Å². The monoisotopic (exact) mass is 286 g/mol. The van der Waals surface area contributed by atoms with Crippen molar-refractivity contribution in [3.63, 3.8) is 0 Å². The third-order valence-corrected chi connectivity index (χ3v) is 4.46. The van der Waals surface area contributed by atoms with Crippen molar-refractivity contribution < 1.29 is 0 Å². The van der Waals surface area contributed by atoms with Crippen molar-refractivity contribution in [1.29, 1.82) is 0 Å². The highest BCUT2D eigenvalue weighted by atomic mass is 15.2. The predicted molar refractivity (Wildman–Crippen MR) is 84.4 cm³/mol. The summed E-state index contributed by atoms with van der Waals surface area (Å²) in [5.41, 5.74) is 1.90. The largest absolute Gasteiger partial charge is 0.371 e. The summed E-state index contributed by atoms with van der Waals surface area (Å²) >= 11 is 0. The molecule has 0 amide bonds. The summed E-state index contributed by atoms with van der Waals surface area (Å²) in [4.78, 5) is 14.2. The molecule has 2 heterocycles. The normalized spacial score (nSPS) is 24.9. The molecule has 4 rings (SSSR count). The minimum absolute atomic E-state index is 0.0906. The average molecular weight is 286 g/mol. The molecule has 1 aliphatic carbocycles. The van der Waals surface area contributed by atoms with E-state index in [4.69, 9.17) is 6.57 Å². The second-order valence-corrected chi connectivity index (χ2v) is 5.89. The molecule has 0 N–H and O–H groups in total. The number of nitrogens with zero attached hydrogens (tertiary/aromatic N) is 4. The van der Waals surface area contributed by atoms with E-state index in [-0.39, 0.29) is 5.41 Å². The van der Waals surface area contributed by atoms with Crippen molar-refractivity contribution in [3.05, 3.63) is 60.0 Å². The number of benzene rings is 1. The average Bonchev–Trinajstić information content (AvgIpc) is 3.14. The van der Waals surface area contributed by atoms with Crippen molar-refractivity contribution in [1.82, 2.24) is 9.97 Å². The van der Waals surface area contributed by atoms with E-state index in [0.717, 1.165) is 25.2 Å². The molecule has 2 atom stereocenters. The van der Waals surface area contributed by atoms with Crippen LogP contribution in [0, 0.1) is 29.7 Å². The molecule has 1 aliphatic heterocycles. The number of anilines is 1. The van der Waals surface area contributed by atoms with Gasteiger partial charge in [-0.25, -0.2) is 14.8 Å². The van der Waals surface area contributed by atoms with Gasteiger partial charge in [-0.2, -0.15) is 0 Å². The zero-order chi connectivity index (χ0) is 15.0. The minimum Gasteiger partial charge on any atom is -0.371 e. The van der Waals surface area contributed by atoms with Crippen LogP contribution in [0.4, 0.5) is 11.4 Å². The van der Waals surface area contributed by atoms with Crippen LogP contribution in [0.5, 0.6) is 0 Å². The molecule has 1 saturated carbocycles. The fourth-order valence-electron chi connectivity index (χ4n) is 3.18. The fraction of sp³-hybridized carbons (Fsp3) is 0.278. The van der Waals surface area contributed by atoms with Gasteiger partial charge in [-0.3, -0.25) is 0 Å². The Morgan fingerprint density at radius 2 is 2.14 bits per heavy atom. The Kier molecular flexibility index (Phi) is 2.84. The molecule has 0 spiro atoms. The standard InChI is InChI=1S/C18H14N4/c1-19-15-4-2-5-16(10-15)22-12-14-11-18(14,13-22)7-6-17-20-8-3-9-21-17/h2-5,8-10,14H,11-13H2. The summed E-state index contributed by atoms with van der Waals surface area (Å²) in [5.74, 6) is 7.73. The highest BCUT2D eigenvalue weighted by Crippen LogP contribution is 2.58. The molecule has 4 heteroatoms. The Labute approximate surface area is 129 Å². The van der Waals surface area contributed by atoms with Gasteiger partial charge in [0.2, 0.25) is 5.82 Å². The van der Waals surface area contributed by atoms with E-state index in [2.05, 4.69) is 37.6 Å². The van der Waals surface area contributed by atoms with Crippen molar-refractivity contribution in [3.8, 4) is 11.8 Å². The maximum atomic E-state index is 7.13. The zero-order valence-electron chi connectivity index (χ0n) is 12.0. The zero-order valence-corrected chi connectivity index (χ0v) is 12.0. The summed E-state index contributed by atoms with van der Waals surface area (Å²) in [7, 11) is 0. The fourth-order valence-corrected chi connectivity index (χ4v) is 3.18. The van der Waals surface area contributed by atoms with Gasteiger partial charge in [-0.15, -0.1) is 0 Å². The second kappa shape index (κ2) is 4.86. The number of hydrogen-bond acceptors (Lipinski definition) is 3. The van der Waals surface area contributed by atoms with Gasteiger partial charge < -0.3 is 4.90 Å². The maximum Gasteiger partial charge on any atom is 0.204 e. The van der Waals surface area contributed by atoms with Crippen LogP contribution in [-0.2, 0) is 0 Å². The Bertz CT molecular complexity index is 812. The molecule has 2 aliphatic rings. The molecular weight excluding hydrogens is 272 g/mol. The van der Waals surface area contributed by atoms with Crippen LogP contribution in [0.3, 0.4) is 0 Å². The summed E-state index contributed by atoms with van der Waals surface area (Å²) in [6.07, 6.45) is 4.59. The van der Waals surface area contributed by atoms with Gasteiger partial charge in [0.1, 0.15) is 0 Å². The molecular formula is C18H14N4. The number of fused-ring (bicyclic) bond motifs is 1. The van der Waals surface area contributed by atoms with E-state index in [1.54, 1.807) is 18.5 Å². The smallest absolute Gasteiger partial charge is 0.204 e. The summed E-state index contributed by atoms with van der Waals surface area (Å²) in [6.45, 7) is 9.08. The Morgan fingerprint density at radius 1 is 1.27 bits per heavy atom. The SMILES string of the molecule is [C-]#[N+]c1cccc(N2CC3CC3(C#Cc3ncccn3)C2)c1. The lowest BCUT2D eigenvalue weighted by atomic mass is 10.1. The topological polar surface area (TPSA) is 33.4 Å². The third kappa shape index (κ3) is 2.19. The molecule has 2 unspecified atom stereocenters. The Morgan fingerprint density at radius 3 is 2.95 bits per heavy atom. The first-order chi connectivity index (χ1) is 10.8. The predicted octanol–water partition coefficient (Wildman–Crippen LogP) is 2.91. The molecule has 1 saturated heterocycles. The number of aromatic nitrogens is 2.